The van der Waals surface area contributed by atoms with Gasteiger partial charge in [-0.3, -0.25) is 4.79 Å². The molecule has 2 saturated heterocycles. The summed E-state index contributed by atoms with van der Waals surface area (Å²) in [7, 11) is 0. The lowest BCUT2D eigenvalue weighted by molar-refractivity contribution is -0.0717. The molecule has 37 heavy (non-hydrogen) atoms. The second kappa shape index (κ2) is 9.49. The largest absolute Gasteiger partial charge is 0.371 e. The number of amides is 1. The number of fused-ring (bicyclic) bond motifs is 2. The van der Waals surface area contributed by atoms with E-state index in [1.54, 1.807) is 18.3 Å². The van der Waals surface area contributed by atoms with Gasteiger partial charge in [0.1, 0.15) is 5.60 Å². The van der Waals surface area contributed by atoms with E-state index in [4.69, 9.17) is 27.1 Å². The van der Waals surface area contributed by atoms with E-state index in [1.807, 2.05) is 16.4 Å². The smallest absolute Gasteiger partial charge is 0.272 e. The van der Waals surface area contributed by atoms with E-state index >= 15 is 4.39 Å². The predicted octanol–water partition coefficient (Wildman–Crippen LogP) is 3.01. The van der Waals surface area contributed by atoms with Gasteiger partial charge in [0.05, 0.1) is 17.6 Å². The maximum absolute atomic E-state index is 15.3. The number of pyridine rings is 1. The number of nitrogens with zero attached hydrogens (tertiary/aromatic N) is 5. The van der Waals surface area contributed by atoms with Crippen LogP contribution in [0, 0.1) is 5.82 Å². The molecule has 0 bridgehead atoms. The van der Waals surface area contributed by atoms with Crippen molar-refractivity contribution in [2.45, 2.75) is 69.7 Å². The van der Waals surface area contributed by atoms with Crippen LogP contribution in [0.15, 0.2) is 18.3 Å². The molecule has 3 aliphatic rings. The average Bonchev–Trinajstić information content (AvgIpc) is 3.39. The van der Waals surface area contributed by atoms with Crippen LogP contribution in [0.1, 0.15) is 54.4 Å². The Morgan fingerprint density at radius 3 is 3.00 bits per heavy atom. The zero-order chi connectivity index (χ0) is 25.7. The first-order valence-electron chi connectivity index (χ1n) is 13.0. The molecule has 1 amide bonds. The van der Waals surface area contributed by atoms with Crippen LogP contribution in [0.25, 0.3) is 11.0 Å². The number of carbonyl (C=O) groups is 1. The number of carbonyl (C=O) groups excluding carboxylic acids is 1. The molecule has 0 aromatic carbocycles. The monoisotopic (exact) mass is 527 g/mol. The molecular formula is C26H31ClFN7O2. The van der Waals surface area contributed by atoms with Gasteiger partial charge in [0.15, 0.2) is 23.0 Å². The Morgan fingerprint density at radius 1 is 1.35 bits per heavy atom. The van der Waals surface area contributed by atoms with Crippen molar-refractivity contribution in [3.05, 3.63) is 46.1 Å². The molecule has 1 aliphatic carbocycles. The number of aryl methyl sites for hydroxylation is 2. The van der Waals surface area contributed by atoms with Crippen LogP contribution in [0.4, 0.5) is 10.2 Å². The van der Waals surface area contributed by atoms with Gasteiger partial charge in [-0.05, 0) is 63.1 Å². The zero-order valence-corrected chi connectivity index (χ0v) is 21.6. The molecule has 6 rings (SSSR count). The van der Waals surface area contributed by atoms with Gasteiger partial charge >= 0.3 is 0 Å². The van der Waals surface area contributed by atoms with E-state index in [0.29, 0.717) is 67.4 Å². The molecule has 3 unspecified atom stereocenters. The van der Waals surface area contributed by atoms with Crippen molar-refractivity contribution in [2.24, 2.45) is 5.73 Å². The van der Waals surface area contributed by atoms with Crippen molar-refractivity contribution in [2.75, 3.05) is 24.6 Å². The Morgan fingerprint density at radius 2 is 2.22 bits per heavy atom. The first-order valence-corrected chi connectivity index (χ1v) is 13.4. The number of anilines is 1. The number of hydrogen-bond donors (Lipinski definition) is 2. The standard InChI is InChI=1S/C26H31ClFN7O2/c1-2-34-12-18(27)17-11-21(32-33-23(17)34)25(36)30-16-5-6-20-15(9-16)10-19(28)24(31-20)35-13-22(29)26(14-35)7-3-4-8-37-26/h10-12,16,22H,2-9,13-14,29H2,1H3,(H,30,36). The lowest BCUT2D eigenvalue weighted by atomic mass is 9.89. The van der Waals surface area contributed by atoms with Gasteiger partial charge in [-0.2, -0.15) is 0 Å². The predicted molar refractivity (Wildman–Crippen MR) is 138 cm³/mol. The number of nitrogens with two attached hydrogens (primary N) is 1. The van der Waals surface area contributed by atoms with E-state index in [1.165, 1.54) is 0 Å². The van der Waals surface area contributed by atoms with Gasteiger partial charge in [0, 0.05) is 43.0 Å². The maximum atomic E-state index is 15.3. The zero-order valence-electron chi connectivity index (χ0n) is 20.8. The second-order valence-corrected chi connectivity index (χ2v) is 10.8. The number of ether oxygens (including phenoxy) is 1. The van der Waals surface area contributed by atoms with Crippen molar-refractivity contribution in [3.8, 4) is 0 Å². The highest BCUT2D eigenvalue weighted by atomic mass is 35.5. The Balaban J connectivity index is 1.16. The minimum Gasteiger partial charge on any atom is -0.371 e. The first kappa shape index (κ1) is 24.5. The molecule has 2 aliphatic heterocycles. The molecule has 3 aromatic rings. The van der Waals surface area contributed by atoms with Crippen LogP contribution in [0.5, 0.6) is 0 Å². The van der Waals surface area contributed by atoms with E-state index in [9.17, 15) is 4.79 Å². The van der Waals surface area contributed by atoms with Crippen molar-refractivity contribution in [1.29, 1.82) is 0 Å². The highest BCUT2D eigenvalue weighted by molar-refractivity contribution is 6.35. The third-order valence-corrected chi connectivity index (χ3v) is 8.34. The summed E-state index contributed by atoms with van der Waals surface area (Å²) in [5, 5.41) is 12.6. The van der Waals surface area contributed by atoms with Crippen LogP contribution >= 0.6 is 11.6 Å². The molecule has 0 radical (unpaired) electrons. The Bertz CT molecular complexity index is 1360. The summed E-state index contributed by atoms with van der Waals surface area (Å²) in [6.07, 6.45) is 6.64. The van der Waals surface area contributed by atoms with Gasteiger partial charge in [-0.25, -0.2) is 9.37 Å². The highest BCUT2D eigenvalue weighted by Gasteiger charge is 2.47. The Labute approximate surface area is 219 Å². The first-order chi connectivity index (χ1) is 17.9. The minimum absolute atomic E-state index is 0.153. The van der Waals surface area contributed by atoms with E-state index in [-0.39, 0.29) is 29.5 Å². The number of halogens is 2. The molecular weight excluding hydrogens is 497 g/mol. The topological polar surface area (TPSA) is 111 Å². The summed E-state index contributed by atoms with van der Waals surface area (Å²) >= 11 is 6.33. The highest BCUT2D eigenvalue weighted by Crippen LogP contribution is 2.37. The SMILES string of the molecule is CCn1cc(Cl)c2cc(C(=O)NC3CCc4nc(N5CC(N)C6(CCCCO6)C5)c(F)cc4C3)nnc21. The van der Waals surface area contributed by atoms with Gasteiger partial charge in [-0.1, -0.05) is 11.6 Å². The van der Waals surface area contributed by atoms with E-state index < -0.39 is 5.60 Å². The lowest BCUT2D eigenvalue weighted by Gasteiger charge is -2.36. The molecule has 1 spiro atoms. The van der Waals surface area contributed by atoms with Gasteiger partial charge < -0.3 is 25.3 Å². The summed E-state index contributed by atoms with van der Waals surface area (Å²) in [6, 6.07) is 2.91. The summed E-state index contributed by atoms with van der Waals surface area (Å²) < 4.78 is 23.3. The Hall–Kier alpha value is -2.82. The lowest BCUT2D eigenvalue weighted by Crippen LogP contribution is -2.51. The van der Waals surface area contributed by atoms with Crippen LogP contribution in [-0.4, -0.2) is 63.0 Å². The second-order valence-electron chi connectivity index (χ2n) is 10.4. The fraction of sp³-hybridized carbons (Fsp3) is 0.538. The normalized spacial score (nSPS) is 25.6. The van der Waals surface area contributed by atoms with Crippen molar-refractivity contribution < 1.29 is 13.9 Å². The molecule has 5 heterocycles. The van der Waals surface area contributed by atoms with Crippen molar-refractivity contribution in [3.63, 3.8) is 0 Å². The summed E-state index contributed by atoms with van der Waals surface area (Å²) in [4.78, 5) is 19.6. The fourth-order valence-corrected chi connectivity index (χ4v) is 6.24. The maximum Gasteiger partial charge on any atom is 0.272 e. The van der Waals surface area contributed by atoms with Crippen LogP contribution < -0.4 is 16.0 Å². The summed E-state index contributed by atoms with van der Waals surface area (Å²) in [6.45, 7) is 4.48. The van der Waals surface area contributed by atoms with E-state index in [2.05, 4.69) is 15.5 Å². The van der Waals surface area contributed by atoms with Crippen molar-refractivity contribution >= 4 is 34.4 Å². The third kappa shape index (κ3) is 4.34. The van der Waals surface area contributed by atoms with Gasteiger partial charge in [0.2, 0.25) is 0 Å². The number of hydrogen-bond acceptors (Lipinski definition) is 7. The summed E-state index contributed by atoms with van der Waals surface area (Å²) in [5.41, 5.74) is 8.57. The quantitative estimate of drug-likeness (QED) is 0.536. The molecule has 9 nitrogen and oxygen atoms in total. The third-order valence-electron chi connectivity index (χ3n) is 8.04. The molecule has 0 saturated carbocycles. The Kier molecular flexibility index (Phi) is 6.29. The molecule has 196 valence electrons. The molecule has 3 aromatic heterocycles. The number of nitrogens with one attached hydrogen (secondary N) is 1. The fourth-order valence-electron chi connectivity index (χ4n) is 5.98. The minimum atomic E-state index is -0.410. The molecule has 3 N–H and O–H groups in total. The van der Waals surface area contributed by atoms with Gasteiger partial charge in [-0.15, -0.1) is 10.2 Å². The molecule has 3 atom stereocenters. The van der Waals surface area contributed by atoms with Crippen LogP contribution in [-0.2, 0) is 24.1 Å². The average molecular weight is 528 g/mol. The van der Waals surface area contributed by atoms with Crippen LogP contribution in [0.2, 0.25) is 5.02 Å². The number of rotatable bonds is 4. The molecule has 11 heteroatoms. The van der Waals surface area contributed by atoms with Crippen molar-refractivity contribution in [1.82, 2.24) is 25.1 Å². The summed E-state index contributed by atoms with van der Waals surface area (Å²) in [5.74, 6) is -0.337. The number of aromatic nitrogens is 4. The van der Waals surface area contributed by atoms with Gasteiger partial charge in [0.25, 0.3) is 5.91 Å². The van der Waals surface area contributed by atoms with E-state index in [0.717, 1.165) is 30.5 Å². The molecule has 2 fully saturated rings. The van der Waals surface area contributed by atoms with Crippen LogP contribution in [0.3, 0.4) is 0 Å².